The molecule has 1 atom stereocenters. The zero-order chi connectivity index (χ0) is 21.2. The number of methoxy groups -OCH3 is 1. The van der Waals surface area contributed by atoms with Crippen molar-refractivity contribution in [3.05, 3.63) is 64.7 Å². The van der Waals surface area contributed by atoms with Gasteiger partial charge in [-0.05, 0) is 52.0 Å². The second-order valence-corrected chi connectivity index (χ2v) is 7.67. The molecule has 0 unspecified atom stereocenters. The van der Waals surface area contributed by atoms with Gasteiger partial charge in [-0.25, -0.2) is 9.78 Å². The van der Waals surface area contributed by atoms with Gasteiger partial charge in [0.1, 0.15) is 22.7 Å². The SMILES string of the molecule is COc1cccc2c(=O)n(-c3ccccc3)c([C@H](C)NC(=O)OC(C)(C)C)nc12. The van der Waals surface area contributed by atoms with Crippen LogP contribution in [0.1, 0.15) is 39.6 Å². The molecular weight excluding hydrogens is 370 g/mol. The molecule has 7 nitrogen and oxygen atoms in total. The number of fused-ring (bicyclic) bond motifs is 1. The maximum atomic E-state index is 13.4. The monoisotopic (exact) mass is 395 g/mol. The minimum absolute atomic E-state index is 0.243. The van der Waals surface area contributed by atoms with Crippen molar-refractivity contribution in [3.63, 3.8) is 0 Å². The molecule has 1 N–H and O–H groups in total. The number of rotatable bonds is 4. The third-order valence-electron chi connectivity index (χ3n) is 4.24. The molecule has 0 fully saturated rings. The number of carbonyl (C=O) groups excluding carboxylic acids is 1. The van der Waals surface area contributed by atoms with Crippen molar-refractivity contribution in [2.45, 2.75) is 39.3 Å². The predicted octanol–water partition coefficient (Wildman–Crippen LogP) is 3.98. The minimum Gasteiger partial charge on any atom is -0.494 e. The van der Waals surface area contributed by atoms with Crippen LogP contribution in [0.4, 0.5) is 4.79 Å². The molecule has 0 bridgehead atoms. The molecule has 7 heteroatoms. The van der Waals surface area contributed by atoms with E-state index in [9.17, 15) is 9.59 Å². The lowest BCUT2D eigenvalue weighted by Gasteiger charge is -2.23. The van der Waals surface area contributed by atoms with E-state index in [1.54, 1.807) is 45.9 Å². The first-order valence-electron chi connectivity index (χ1n) is 9.36. The van der Waals surface area contributed by atoms with Crippen LogP contribution in [0.2, 0.25) is 0 Å². The Morgan fingerprint density at radius 1 is 1.10 bits per heavy atom. The summed E-state index contributed by atoms with van der Waals surface area (Å²) in [4.78, 5) is 30.3. The summed E-state index contributed by atoms with van der Waals surface area (Å²) in [5.74, 6) is 0.870. The highest BCUT2D eigenvalue weighted by Gasteiger charge is 2.23. The largest absolute Gasteiger partial charge is 0.494 e. The lowest BCUT2D eigenvalue weighted by atomic mass is 10.2. The topological polar surface area (TPSA) is 82.5 Å². The van der Waals surface area contributed by atoms with Crippen LogP contribution in [0.5, 0.6) is 5.75 Å². The third-order valence-corrected chi connectivity index (χ3v) is 4.24. The third kappa shape index (κ3) is 4.39. The number of carbonyl (C=O) groups is 1. The summed E-state index contributed by atoms with van der Waals surface area (Å²) in [5, 5.41) is 3.20. The number of nitrogens with zero attached hydrogens (tertiary/aromatic N) is 2. The molecule has 29 heavy (non-hydrogen) atoms. The number of amides is 1. The fourth-order valence-corrected chi connectivity index (χ4v) is 3.03. The van der Waals surface area contributed by atoms with E-state index in [1.807, 2.05) is 30.3 Å². The van der Waals surface area contributed by atoms with Crippen LogP contribution < -0.4 is 15.6 Å². The van der Waals surface area contributed by atoms with Gasteiger partial charge < -0.3 is 14.8 Å². The fraction of sp³-hybridized carbons (Fsp3) is 0.318. The molecule has 0 saturated heterocycles. The average Bonchev–Trinajstić information content (AvgIpc) is 2.66. The first kappa shape index (κ1) is 20.4. The van der Waals surface area contributed by atoms with Gasteiger partial charge in [0.25, 0.3) is 5.56 Å². The molecule has 2 aromatic carbocycles. The molecule has 0 saturated carbocycles. The number of alkyl carbamates (subject to hydrolysis) is 1. The highest BCUT2D eigenvalue weighted by molar-refractivity contribution is 5.84. The van der Waals surface area contributed by atoms with Gasteiger partial charge in [-0.2, -0.15) is 0 Å². The summed E-state index contributed by atoms with van der Waals surface area (Å²) in [6.07, 6.45) is -0.584. The van der Waals surface area contributed by atoms with E-state index in [-0.39, 0.29) is 5.56 Å². The van der Waals surface area contributed by atoms with Crippen LogP contribution in [-0.2, 0) is 4.74 Å². The Hall–Kier alpha value is -3.35. The van der Waals surface area contributed by atoms with Crippen molar-refractivity contribution in [1.82, 2.24) is 14.9 Å². The van der Waals surface area contributed by atoms with Crippen molar-refractivity contribution < 1.29 is 14.3 Å². The Morgan fingerprint density at radius 3 is 2.41 bits per heavy atom. The summed E-state index contributed by atoms with van der Waals surface area (Å²) in [6.45, 7) is 7.12. The summed E-state index contributed by atoms with van der Waals surface area (Å²) >= 11 is 0. The van der Waals surface area contributed by atoms with Gasteiger partial charge in [-0.3, -0.25) is 9.36 Å². The minimum atomic E-state index is -0.636. The number of nitrogens with one attached hydrogen (secondary N) is 1. The van der Waals surface area contributed by atoms with Crippen molar-refractivity contribution in [3.8, 4) is 11.4 Å². The molecule has 0 spiro atoms. The summed E-state index contributed by atoms with van der Waals surface area (Å²) in [5.41, 5.74) is 0.221. The van der Waals surface area contributed by atoms with Crippen LogP contribution in [0.15, 0.2) is 53.3 Å². The lowest BCUT2D eigenvalue weighted by Crippen LogP contribution is -2.36. The normalized spacial score (nSPS) is 12.4. The molecule has 0 radical (unpaired) electrons. The van der Waals surface area contributed by atoms with Gasteiger partial charge in [0, 0.05) is 0 Å². The molecule has 1 aromatic heterocycles. The zero-order valence-corrected chi connectivity index (χ0v) is 17.2. The van der Waals surface area contributed by atoms with E-state index in [0.717, 1.165) is 0 Å². The Bertz CT molecular complexity index is 1080. The zero-order valence-electron chi connectivity index (χ0n) is 17.2. The number of para-hydroxylation sites is 2. The Morgan fingerprint density at radius 2 is 1.79 bits per heavy atom. The predicted molar refractivity (Wildman–Crippen MR) is 112 cm³/mol. The standard InChI is InChI=1S/C22H25N3O4/c1-14(23-21(27)29-22(2,3)4)19-24-18-16(12-9-13-17(18)28-5)20(26)25(19)15-10-7-6-8-11-15/h6-14H,1-5H3,(H,23,27)/t14-/m0/s1. The lowest BCUT2D eigenvalue weighted by molar-refractivity contribution is 0.0505. The van der Waals surface area contributed by atoms with Gasteiger partial charge in [-0.15, -0.1) is 0 Å². The first-order chi connectivity index (χ1) is 13.7. The smallest absolute Gasteiger partial charge is 0.408 e. The average molecular weight is 395 g/mol. The molecule has 1 amide bonds. The highest BCUT2D eigenvalue weighted by Crippen LogP contribution is 2.24. The number of ether oxygens (including phenoxy) is 2. The maximum Gasteiger partial charge on any atom is 0.408 e. The van der Waals surface area contributed by atoms with E-state index < -0.39 is 17.7 Å². The second-order valence-electron chi connectivity index (χ2n) is 7.67. The summed E-state index contributed by atoms with van der Waals surface area (Å²) in [6, 6.07) is 13.8. The van der Waals surface area contributed by atoms with Crippen LogP contribution in [-0.4, -0.2) is 28.4 Å². The molecule has 0 aliphatic rings. The van der Waals surface area contributed by atoms with E-state index in [4.69, 9.17) is 14.5 Å². The molecule has 1 heterocycles. The van der Waals surface area contributed by atoms with Crippen molar-refractivity contribution in [2.24, 2.45) is 0 Å². The van der Waals surface area contributed by atoms with E-state index >= 15 is 0 Å². The highest BCUT2D eigenvalue weighted by atomic mass is 16.6. The molecule has 152 valence electrons. The number of hydrogen-bond acceptors (Lipinski definition) is 5. The van der Waals surface area contributed by atoms with Crippen molar-refractivity contribution in [1.29, 1.82) is 0 Å². The van der Waals surface area contributed by atoms with Crippen LogP contribution >= 0.6 is 0 Å². The van der Waals surface area contributed by atoms with Crippen molar-refractivity contribution in [2.75, 3.05) is 7.11 Å². The molecule has 0 aliphatic carbocycles. The summed E-state index contributed by atoms with van der Waals surface area (Å²) in [7, 11) is 1.53. The molecular formula is C22H25N3O4. The molecule has 3 rings (SSSR count). The van der Waals surface area contributed by atoms with Gasteiger partial charge in [0.2, 0.25) is 0 Å². The quantitative estimate of drug-likeness (QED) is 0.722. The van der Waals surface area contributed by atoms with Gasteiger partial charge in [0.15, 0.2) is 0 Å². The maximum absolute atomic E-state index is 13.4. The van der Waals surface area contributed by atoms with Crippen molar-refractivity contribution >= 4 is 17.0 Å². The van der Waals surface area contributed by atoms with Crippen LogP contribution in [0.3, 0.4) is 0 Å². The second kappa shape index (κ2) is 7.95. The number of aromatic nitrogens is 2. The Balaban J connectivity index is 2.18. The fourth-order valence-electron chi connectivity index (χ4n) is 3.03. The molecule has 0 aliphatic heterocycles. The molecule has 3 aromatic rings. The van der Waals surface area contributed by atoms with E-state index in [2.05, 4.69) is 5.32 Å². The van der Waals surface area contributed by atoms with Gasteiger partial charge in [0.05, 0.1) is 24.2 Å². The number of benzene rings is 2. The van der Waals surface area contributed by atoms with E-state index in [1.165, 1.54) is 11.7 Å². The number of hydrogen-bond donors (Lipinski definition) is 1. The van der Waals surface area contributed by atoms with E-state index in [0.29, 0.717) is 28.2 Å². The van der Waals surface area contributed by atoms with Crippen LogP contribution in [0.25, 0.3) is 16.6 Å². The van der Waals surface area contributed by atoms with Gasteiger partial charge >= 0.3 is 6.09 Å². The van der Waals surface area contributed by atoms with Gasteiger partial charge in [-0.1, -0.05) is 24.3 Å². The summed E-state index contributed by atoms with van der Waals surface area (Å²) < 4.78 is 12.2. The Kier molecular flexibility index (Phi) is 5.59. The first-order valence-corrected chi connectivity index (χ1v) is 9.36. The van der Waals surface area contributed by atoms with Crippen LogP contribution in [0, 0.1) is 0 Å². The Labute approximate surface area is 169 Å².